The number of ether oxygens (including phenoxy) is 1. The number of carbonyl (C=O) groups excluding carboxylic acids is 2. The molecule has 1 saturated heterocycles. The molecule has 174 valence electrons. The number of fused-ring (bicyclic) bond motifs is 1. The number of Topliss-reactive ketones (excluding diaryl/α,β-unsaturated/α-hetero) is 1. The van der Waals surface area contributed by atoms with Crippen LogP contribution in [0.1, 0.15) is 33.2 Å². The fourth-order valence-corrected chi connectivity index (χ4v) is 5.34. The second-order valence-electron chi connectivity index (χ2n) is 8.10. The molecule has 3 aromatic rings. The number of nitrogens with zero attached hydrogens (tertiary/aromatic N) is 1. The van der Waals surface area contributed by atoms with Crippen LogP contribution in [0.3, 0.4) is 0 Å². The highest BCUT2D eigenvalue weighted by Crippen LogP contribution is 2.45. The average Bonchev–Trinajstić information content (AvgIpc) is 3.51. The quantitative estimate of drug-likeness (QED) is 0.296. The van der Waals surface area contributed by atoms with E-state index in [4.69, 9.17) is 4.74 Å². The van der Waals surface area contributed by atoms with E-state index in [0.29, 0.717) is 29.2 Å². The predicted molar refractivity (Wildman–Crippen MR) is 121 cm³/mol. The first kappa shape index (κ1) is 22.2. The monoisotopic (exact) mass is 485 g/mol. The molecule has 9 heteroatoms. The number of benzene rings is 2. The summed E-state index contributed by atoms with van der Waals surface area (Å²) in [6, 6.07) is 9.95. The molecule has 5 rings (SSSR count). The van der Waals surface area contributed by atoms with Crippen LogP contribution in [-0.2, 0) is 22.2 Å². The van der Waals surface area contributed by atoms with Gasteiger partial charge in [0.15, 0.2) is 0 Å². The van der Waals surface area contributed by atoms with Gasteiger partial charge in [-0.3, -0.25) is 14.5 Å². The molecular formula is C25H18F3NO4S. The lowest BCUT2D eigenvalue weighted by Gasteiger charge is -2.25. The minimum atomic E-state index is -4.53. The zero-order valence-electron chi connectivity index (χ0n) is 17.8. The molecule has 3 heterocycles. The Bertz CT molecular complexity index is 1340. The third kappa shape index (κ3) is 3.56. The van der Waals surface area contributed by atoms with Gasteiger partial charge >= 0.3 is 6.18 Å². The Morgan fingerprint density at radius 2 is 1.85 bits per heavy atom. The van der Waals surface area contributed by atoms with E-state index in [2.05, 4.69) is 0 Å². The highest BCUT2D eigenvalue weighted by atomic mass is 32.1. The average molecular weight is 485 g/mol. The zero-order valence-corrected chi connectivity index (χ0v) is 18.7. The van der Waals surface area contributed by atoms with Gasteiger partial charge in [0.05, 0.1) is 17.7 Å². The third-order valence-electron chi connectivity index (χ3n) is 6.03. The van der Waals surface area contributed by atoms with E-state index >= 15 is 0 Å². The number of carbonyl (C=O) groups is 2. The van der Waals surface area contributed by atoms with Crippen molar-refractivity contribution in [2.45, 2.75) is 25.6 Å². The number of amides is 1. The molecule has 1 unspecified atom stereocenters. The molecular weight excluding hydrogens is 467 g/mol. The normalized spacial score (nSPS) is 19.4. The number of halogens is 3. The van der Waals surface area contributed by atoms with Crippen molar-refractivity contribution in [3.8, 4) is 5.75 Å². The number of hydrogen-bond donors (Lipinski definition) is 1. The summed E-state index contributed by atoms with van der Waals surface area (Å²) in [5, 5.41) is 13.0. The first-order chi connectivity index (χ1) is 16.2. The maximum Gasteiger partial charge on any atom is 0.416 e. The van der Waals surface area contributed by atoms with Crippen molar-refractivity contribution in [2.75, 3.05) is 11.5 Å². The first-order valence-corrected chi connectivity index (χ1v) is 11.3. The Morgan fingerprint density at radius 1 is 1.12 bits per heavy atom. The van der Waals surface area contributed by atoms with Gasteiger partial charge in [-0.2, -0.15) is 13.2 Å². The Balaban J connectivity index is 1.66. The zero-order chi connectivity index (χ0) is 24.2. The van der Waals surface area contributed by atoms with Crippen LogP contribution in [0.5, 0.6) is 5.75 Å². The second kappa shape index (κ2) is 8.02. The molecule has 0 radical (unpaired) electrons. The van der Waals surface area contributed by atoms with Crippen LogP contribution in [0.15, 0.2) is 59.5 Å². The van der Waals surface area contributed by atoms with Gasteiger partial charge in [0.25, 0.3) is 11.7 Å². The van der Waals surface area contributed by atoms with Crippen LogP contribution in [-0.4, -0.2) is 23.4 Å². The number of thiophene rings is 1. The molecule has 1 fully saturated rings. The predicted octanol–water partition coefficient (Wildman–Crippen LogP) is 5.64. The summed E-state index contributed by atoms with van der Waals surface area (Å²) in [6.45, 7) is 2.33. The molecule has 1 amide bonds. The number of anilines is 1. The van der Waals surface area contributed by atoms with E-state index < -0.39 is 29.5 Å². The fraction of sp³-hybridized carbons (Fsp3) is 0.200. The third-order valence-corrected chi connectivity index (χ3v) is 7.10. The van der Waals surface area contributed by atoms with Crippen molar-refractivity contribution in [1.82, 2.24) is 0 Å². The van der Waals surface area contributed by atoms with Crippen LogP contribution >= 0.6 is 11.3 Å². The number of hydrogen-bond acceptors (Lipinski definition) is 5. The lowest BCUT2D eigenvalue weighted by Crippen LogP contribution is -2.29. The van der Waals surface area contributed by atoms with Gasteiger partial charge in [0.2, 0.25) is 0 Å². The number of aliphatic hydroxyl groups is 1. The van der Waals surface area contributed by atoms with E-state index in [1.54, 1.807) is 23.6 Å². The van der Waals surface area contributed by atoms with Crippen molar-refractivity contribution >= 4 is 34.5 Å². The van der Waals surface area contributed by atoms with Gasteiger partial charge in [-0.15, -0.1) is 11.3 Å². The molecule has 0 spiro atoms. The van der Waals surface area contributed by atoms with E-state index in [-0.39, 0.29) is 17.0 Å². The molecule has 2 aromatic carbocycles. The van der Waals surface area contributed by atoms with E-state index in [0.717, 1.165) is 40.3 Å². The fourth-order valence-electron chi connectivity index (χ4n) is 4.31. The molecule has 34 heavy (non-hydrogen) atoms. The molecule has 1 aromatic heterocycles. The van der Waals surface area contributed by atoms with Gasteiger partial charge in [-0.25, -0.2) is 0 Å². The number of ketones is 1. The van der Waals surface area contributed by atoms with Gasteiger partial charge in [-0.1, -0.05) is 0 Å². The standard InChI is InChI=1S/C25H18F3NO4S/c1-13-9-11-34-23(13)20-19(21(30)15-2-7-18-14(12-15)8-10-33-18)22(31)24(32)29(20)17-5-3-16(4-6-17)25(26,27)28/h2-7,9,11-12,20,30H,8,10H2,1H3/b21-19-. The summed E-state index contributed by atoms with van der Waals surface area (Å²) < 4.78 is 44.7. The lowest BCUT2D eigenvalue weighted by molar-refractivity contribution is -0.137. The number of aryl methyl sites for hydroxylation is 1. The van der Waals surface area contributed by atoms with Gasteiger partial charge in [0.1, 0.15) is 17.6 Å². The molecule has 2 aliphatic rings. The maximum atomic E-state index is 13.2. The summed E-state index contributed by atoms with van der Waals surface area (Å²) in [4.78, 5) is 28.1. The lowest BCUT2D eigenvalue weighted by atomic mass is 9.97. The molecule has 0 saturated carbocycles. The summed E-state index contributed by atoms with van der Waals surface area (Å²) in [5.74, 6) is -1.44. The minimum Gasteiger partial charge on any atom is -0.507 e. The van der Waals surface area contributed by atoms with Crippen molar-refractivity contribution in [1.29, 1.82) is 0 Å². The largest absolute Gasteiger partial charge is 0.507 e. The number of alkyl halides is 3. The van der Waals surface area contributed by atoms with E-state index in [9.17, 15) is 27.9 Å². The molecule has 2 aliphatic heterocycles. The van der Waals surface area contributed by atoms with Gasteiger partial charge in [0, 0.05) is 22.5 Å². The second-order valence-corrected chi connectivity index (χ2v) is 9.05. The van der Waals surface area contributed by atoms with Crippen LogP contribution in [0.2, 0.25) is 0 Å². The highest BCUT2D eigenvalue weighted by molar-refractivity contribution is 7.10. The van der Waals surface area contributed by atoms with E-state index in [1.807, 2.05) is 13.0 Å². The summed E-state index contributed by atoms with van der Waals surface area (Å²) in [6.07, 6.45) is -3.88. The summed E-state index contributed by atoms with van der Waals surface area (Å²) >= 11 is 1.30. The maximum absolute atomic E-state index is 13.2. The van der Waals surface area contributed by atoms with Crippen molar-refractivity contribution < 1.29 is 32.6 Å². The Morgan fingerprint density at radius 3 is 2.50 bits per heavy atom. The smallest absolute Gasteiger partial charge is 0.416 e. The first-order valence-electron chi connectivity index (χ1n) is 10.4. The topological polar surface area (TPSA) is 66.8 Å². The highest BCUT2D eigenvalue weighted by Gasteiger charge is 2.48. The Kier molecular flexibility index (Phi) is 5.24. The van der Waals surface area contributed by atoms with Crippen molar-refractivity contribution in [3.63, 3.8) is 0 Å². The van der Waals surface area contributed by atoms with Crippen LogP contribution in [0.25, 0.3) is 5.76 Å². The number of aliphatic hydroxyl groups excluding tert-OH is 1. The van der Waals surface area contributed by atoms with Gasteiger partial charge < -0.3 is 9.84 Å². The summed E-state index contributed by atoms with van der Waals surface area (Å²) in [5.41, 5.74) is 1.21. The molecule has 5 nitrogen and oxygen atoms in total. The van der Waals surface area contributed by atoms with Crippen molar-refractivity contribution in [3.05, 3.63) is 86.6 Å². The SMILES string of the molecule is Cc1ccsc1C1/C(=C(/O)c2ccc3c(c2)CCO3)C(=O)C(=O)N1c1ccc(C(F)(F)F)cc1. The van der Waals surface area contributed by atoms with Crippen LogP contribution in [0.4, 0.5) is 18.9 Å². The van der Waals surface area contributed by atoms with E-state index in [1.165, 1.54) is 11.3 Å². The molecule has 1 atom stereocenters. The van der Waals surface area contributed by atoms with Crippen LogP contribution in [0, 0.1) is 6.92 Å². The van der Waals surface area contributed by atoms with Crippen molar-refractivity contribution in [2.24, 2.45) is 0 Å². The molecule has 0 aliphatic carbocycles. The van der Waals surface area contributed by atoms with Crippen LogP contribution < -0.4 is 9.64 Å². The van der Waals surface area contributed by atoms with Gasteiger partial charge in [-0.05, 0) is 72.0 Å². The Labute approximate surface area is 196 Å². The minimum absolute atomic E-state index is 0.102. The molecule has 1 N–H and O–H groups in total. The summed E-state index contributed by atoms with van der Waals surface area (Å²) in [7, 11) is 0. The Hall–Kier alpha value is -3.59. The number of rotatable bonds is 3. The molecule has 0 bridgehead atoms.